The van der Waals surface area contributed by atoms with E-state index in [0.717, 1.165) is 35.4 Å². The summed E-state index contributed by atoms with van der Waals surface area (Å²) in [5.74, 6) is 1.67. The predicted molar refractivity (Wildman–Crippen MR) is 81.6 cm³/mol. The molecule has 0 atom stereocenters. The van der Waals surface area contributed by atoms with E-state index < -0.39 is 0 Å². The van der Waals surface area contributed by atoms with Gasteiger partial charge in [-0.2, -0.15) is 0 Å². The Morgan fingerprint density at radius 1 is 1.16 bits per heavy atom. The predicted octanol–water partition coefficient (Wildman–Crippen LogP) is 3.90. The summed E-state index contributed by atoms with van der Waals surface area (Å²) in [5.41, 5.74) is 2.32. The third kappa shape index (κ3) is 4.56. The maximum Gasteiger partial charge on any atom is 0.223 e. The lowest BCUT2D eigenvalue weighted by Gasteiger charge is -2.07. The highest BCUT2D eigenvalue weighted by Gasteiger charge is 2.03. The first kappa shape index (κ1) is 13.9. The Morgan fingerprint density at radius 3 is 2.68 bits per heavy atom. The van der Waals surface area contributed by atoms with Gasteiger partial charge in [0.2, 0.25) is 5.95 Å². The third-order valence-corrected chi connectivity index (χ3v) is 3.58. The summed E-state index contributed by atoms with van der Waals surface area (Å²) in [7, 11) is 0. The van der Waals surface area contributed by atoms with Crippen LogP contribution in [0.2, 0.25) is 0 Å². The fourth-order valence-electron chi connectivity index (χ4n) is 1.66. The summed E-state index contributed by atoms with van der Waals surface area (Å²) < 4.78 is 0. The number of thioether (sulfide) groups is 1. The summed E-state index contributed by atoms with van der Waals surface area (Å²) >= 11 is 1.74. The Labute approximate surface area is 118 Å². The molecule has 0 saturated carbocycles. The van der Waals surface area contributed by atoms with Gasteiger partial charge in [-0.3, -0.25) is 0 Å². The van der Waals surface area contributed by atoms with Gasteiger partial charge in [0.05, 0.1) is 0 Å². The molecule has 19 heavy (non-hydrogen) atoms. The van der Waals surface area contributed by atoms with E-state index >= 15 is 0 Å². The molecule has 1 N–H and O–H groups in total. The Bertz CT molecular complexity index is 514. The van der Waals surface area contributed by atoms with Crippen molar-refractivity contribution in [3.8, 4) is 0 Å². The van der Waals surface area contributed by atoms with Gasteiger partial charge in [-0.25, -0.2) is 9.97 Å². The first-order valence-electron chi connectivity index (χ1n) is 6.54. The van der Waals surface area contributed by atoms with Gasteiger partial charge in [-0.05, 0) is 25.0 Å². The zero-order valence-electron chi connectivity index (χ0n) is 11.4. The zero-order valence-corrected chi connectivity index (χ0v) is 12.2. The molecular weight excluding hydrogens is 254 g/mol. The first-order valence-corrected chi connectivity index (χ1v) is 7.53. The van der Waals surface area contributed by atoms with Crippen molar-refractivity contribution in [3.63, 3.8) is 0 Å². The standard InChI is InChI=1S/C15H19N3S/c1-3-9-16-15-17-12(2)10-14(18-15)19-11-13-7-5-4-6-8-13/h4-8,10H,3,9,11H2,1-2H3,(H,16,17,18). The second-order valence-electron chi connectivity index (χ2n) is 4.37. The Hall–Kier alpha value is -1.55. The Kier molecular flexibility index (Phi) is 5.21. The van der Waals surface area contributed by atoms with Crippen LogP contribution in [0.4, 0.5) is 5.95 Å². The minimum Gasteiger partial charge on any atom is -0.354 e. The summed E-state index contributed by atoms with van der Waals surface area (Å²) in [6.45, 7) is 5.05. The van der Waals surface area contributed by atoms with Crippen molar-refractivity contribution in [3.05, 3.63) is 47.7 Å². The van der Waals surface area contributed by atoms with Gasteiger partial charge in [0, 0.05) is 18.0 Å². The van der Waals surface area contributed by atoms with Crippen molar-refractivity contribution in [2.24, 2.45) is 0 Å². The second kappa shape index (κ2) is 7.14. The third-order valence-electron chi connectivity index (χ3n) is 2.59. The molecule has 0 radical (unpaired) electrons. The van der Waals surface area contributed by atoms with Crippen LogP contribution >= 0.6 is 11.8 Å². The van der Waals surface area contributed by atoms with E-state index in [0.29, 0.717) is 0 Å². The molecule has 2 rings (SSSR count). The highest BCUT2D eigenvalue weighted by atomic mass is 32.2. The number of aromatic nitrogens is 2. The van der Waals surface area contributed by atoms with Crippen LogP contribution in [0.15, 0.2) is 41.4 Å². The molecule has 0 aliphatic rings. The van der Waals surface area contributed by atoms with E-state index in [1.165, 1.54) is 5.56 Å². The van der Waals surface area contributed by atoms with E-state index in [1.807, 2.05) is 19.1 Å². The maximum absolute atomic E-state index is 4.53. The largest absolute Gasteiger partial charge is 0.354 e. The van der Waals surface area contributed by atoms with Crippen LogP contribution < -0.4 is 5.32 Å². The fourth-order valence-corrected chi connectivity index (χ4v) is 2.57. The highest BCUT2D eigenvalue weighted by molar-refractivity contribution is 7.98. The van der Waals surface area contributed by atoms with Crippen molar-refractivity contribution >= 4 is 17.7 Å². The molecule has 100 valence electrons. The Balaban J connectivity index is 2.01. The molecule has 1 heterocycles. The Morgan fingerprint density at radius 2 is 1.95 bits per heavy atom. The number of anilines is 1. The molecule has 0 saturated heterocycles. The molecule has 0 bridgehead atoms. The van der Waals surface area contributed by atoms with E-state index in [-0.39, 0.29) is 0 Å². The molecule has 1 aromatic heterocycles. The minimum atomic E-state index is 0.734. The molecule has 3 nitrogen and oxygen atoms in total. The maximum atomic E-state index is 4.53. The SMILES string of the molecule is CCCNc1nc(C)cc(SCc2ccccc2)n1. The molecule has 4 heteroatoms. The first-order chi connectivity index (χ1) is 9.28. The van der Waals surface area contributed by atoms with Crippen LogP contribution in [0.5, 0.6) is 0 Å². The average molecular weight is 273 g/mol. The van der Waals surface area contributed by atoms with Crippen LogP contribution in [0.25, 0.3) is 0 Å². The van der Waals surface area contributed by atoms with Crippen LogP contribution in [-0.2, 0) is 5.75 Å². The van der Waals surface area contributed by atoms with Gasteiger partial charge >= 0.3 is 0 Å². The number of aryl methyl sites for hydroxylation is 1. The van der Waals surface area contributed by atoms with Crippen LogP contribution in [0, 0.1) is 6.92 Å². The lowest BCUT2D eigenvalue weighted by molar-refractivity contribution is 0.924. The molecule has 0 spiro atoms. The fraction of sp³-hybridized carbons (Fsp3) is 0.333. The molecule has 0 aliphatic carbocycles. The number of benzene rings is 1. The number of rotatable bonds is 6. The summed E-state index contributed by atoms with van der Waals surface area (Å²) in [6, 6.07) is 12.5. The zero-order chi connectivity index (χ0) is 13.5. The average Bonchev–Trinajstić information content (AvgIpc) is 2.43. The molecule has 0 amide bonds. The van der Waals surface area contributed by atoms with Gasteiger partial charge < -0.3 is 5.32 Å². The molecule has 0 aliphatic heterocycles. The number of nitrogens with zero attached hydrogens (tertiary/aromatic N) is 2. The number of nitrogens with one attached hydrogen (secondary N) is 1. The van der Waals surface area contributed by atoms with Gasteiger partial charge in [0.25, 0.3) is 0 Å². The van der Waals surface area contributed by atoms with E-state index in [4.69, 9.17) is 0 Å². The summed E-state index contributed by atoms with van der Waals surface area (Å²) in [5, 5.41) is 4.26. The van der Waals surface area contributed by atoms with Gasteiger partial charge in [-0.15, -0.1) is 11.8 Å². The number of hydrogen-bond acceptors (Lipinski definition) is 4. The van der Waals surface area contributed by atoms with Crippen molar-refractivity contribution in [1.82, 2.24) is 9.97 Å². The lowest BCUT2D eigenvalue weighted by atomic mass is 10.2. The molecular formula is C15H19N3S. The van der Waals surface area contributed by atoms with Crippen molar-refractivity contribution in [2.45, 2.75) is 31.0 Å². The quantitative estimate of drug-likeness (QED) is 0.640. The minimum absolute atomic E-state index is 0.734. The van der Waals surface area contributed by atoms with Gasteiger partial charge in [0.15, 0.2) is 0 Å². The normalized spacial score (nSPS) is 10.4. The smallest absolute Gasteiger partial charge is 0.223 e. The van der Waals surface area contributed by atoms with Crippen molar-refractivity contribution in [1.29, 1.82) is 0 Å². The van der Waals surface area contributed by atoms with Crippen LogP contribution in [-0.4, -0.2) is 16.5 Å². The van der Waals surface area contributed by atoms with E-state index in [1.54, 1.807) is 11.8 Å². The van der Waals surface area contributed by atoms with Crippen LogP contribution in [0.1, 0.15) is 24.6 Å². The van der Waals surface area contributed by atoms with E-state index in [9.17, 15) is 0 Å². The molecule has 1 aromatic carbocycles. The van der Waals surface area contributed by atoms with Gasteiger partial charge in [0.1, 0.15) is 5.03 Å². The van der Waals surface area contributed by atoms with E-state index in [2.05, 4.69) is 46.5 Å². The topological polar surface area (TPSA) is 37.8 Å². The second-order valence-corrected chi connectivity index (χ2v) is 5.37. The number of hydrogen-bond donors (Lipinski definition) is 1. The molecule has 0 unspecified atom stereocenters. The monoisotopic (exact) mass is 273 g/mol. The summed E-state index contributed by atoms with van der Waals surface area (Å²) in [4.78, 5) is 8.92. The van der Waals surface area contributed by atoms with Crippen LogP contribution in [0.3, 0.4) is 0 Å². The van der Waals surface area contributed by atoms with Gasteiger partial charge in [-0.1, -0.05) is 37.3 Å². The molecule has 0 fully saturated rings. The summed E-state index contributed by atoms with van der Waals surface area (Å²) in [6.07, 6.45) is 1.07. The van der Waals surface area contributed by atoms with Crippen molar-refractivity contribution in [2.75, 3.05) is 11.9 Å². The van der Waals surface area contributed by atoms with Crippen molar-refractivity contribution < 1.29 is 0 Å². The lowest BCUT2D eigenvalue weighted by Crippen LogP contribution is -2.05. The molecule has 2 aromatic rings. The highest BCUT2D eigenvalue weighted by Crippen LogP contribution is 2.22.